The lowest BCUT2D eigenvalue weighted by molar-refractivity contribution is -0.146. The van der Waals surface area contributed by atoms with Crippen molar-refractivity contribution in [2.24, 2.45) is 11.1 Å². The third kappa shape index (κ3) is 7.21. The van der Waals surface area contributed by atoms with Gasteiger partial charge in [-0.25, -0.2) is 9.59 Å². The van der Waals surface area contributed by atoms with Crippen LogP contribution in [0.25, 0.3) is 0 Å². The second-order valence-corrected chi connectivity index (χ2v) is 4.23. The Morgan fingerprint density at radius 1 is 1.11 bits per heavy atom. The molecule has 0 fully saturated rings. The van der Waals surface area contributed by atoms with Gasteiger partial charge in [0.25, 0.3) is 0 Å². The summed E-state index contributed by atoms with van der Waals surface area (Å²) in [6.45, 7) is 1.69. The lowest BCUT2D eigenvalue weighted by atomic mass is 9.85. The molecule has 0 atom stereocenters. The van der Waals surface area contributed by atoms with Crippen molar-refractivity contribution < 1.29 is 29.3 Å². The molecule has 0 rings (SSSR count). The van der Waals surface area contributed by atoms with Gasteiger partial charge in [-0.1, -0.05) is 13.3 Å². The summed E-state index contributed by atoms with van der Waals surface area (Å²) in [5.41, 5.74) is 5.14. The number of carboxylic acid groups (broad SMARTS) is 2. The number of hydrogen-bond acceptors (Lipinski definition) is 5. The van der Waals surface area contributed by atoms with Gasteiger partial charge in [-0.15, -0.1) is 0 Å². The molecule has 0 aliphatic rings. The van der Waals surface area contributed by atoms with Gasteiger partial charge in [0.15, 0.2) is 0 Å². The van der Waals surface area contributed by atoms with Gasteiger partial charge in [-0.05, 0) is 6.42 Å². The molecule has 7 nitrogen and oxygen atoms in total. The third-order valence-corrected chi connectivity index (χ3v) is 2.48. The zero-order valence-corrected chi connectivity index (χ0v) is 10.6. The zero-order valence-electron chi connectivity index (χ0n) is 10.6. The number of carbonyl (C=O) groups is 2. The first-order valence-electron chi connectivity index (χ1n) is 5.75. The average molecular weight is 263 g/mol. The van der Waals surface area contributed by atoms with E-state index in [4.69, 9.17) is 25.4 Å². The summed E-state index contributed by atoms with van der Waals surface area (Å²) in [4.78, 5) is 20.7. The maximum absolute atomic E-state index is 10.4. The van der Waals surface area contributed by atoms with Crippen molar-refractivity contribution >= 4 is 11.9 Å². The Labute approximate surface area is 106 Å². The molecule has 0 unspecified atom stereocenters. The molecule has 0 aromatic carbocycles. The van der Waals surface area contributed by atoms with Crippen molar-refractivity contribution in [3.05, 3.63) is 0 Å². The minimum atomic E-state index is -1.05. The number of rotatable bonds is 11. The Morgan fingerprint density at radius 3 is 1.83 bits per heavy atom. The number of ether oxygens (including phenoxy) is 2. The minimum Gasteiger partial charge on any atom is -0.480 e. The van der Waals surface area contributed by atoms with Gasteiger partial charge in [0, 0.05) is 12.0 Å². The molecule has 0 aliphatic heterocycles. The standard InChI is InChI=1S/C11H21NO6/c1-2-3-11(6-12,7-17-4-9(13)14)8-18-5-10(15)16/h2-8,12H2,1H3,(H,13,14)(H,15,16). The lowest BCUT2D eigenvalue weighted by Gasteiger charge is -2.31. The van der Waals surface area contributed by atoms with Crippen molar-refractivity contribution in [3.8, 4) is 0 Å². The molecule has 0 aromatic heterocycles. The molecule has 4 N–H and O–H groups in total. The van der Waals surface area contributed by atoms with Gasteiger partial charge in [-0.3, -0.25) is 0 Å². The third-order valence-electron chi connectivity index (χ3n) is 2.48. The van der Waals surface area contributed by atoms with E-state index in [1.807, 2.05) is 6.92 Å². The average Bonchev–Trinajstić information content (AvgIpc) is 2.28. The number of aliphatic carboxylic acids is 2. The quantitative estimate of drug-likeness (QED) is 0.477. The molecule has 0 radical (unpaired) electrons. The first kappa shape index (κ1) is 16.8. The Kier molecular flexibility index (Phi) is 8.27. The van der Waals surface area contributed by atoms with Gasteiger partial charge in [0.05, 0.1) is 13.2 Å². The van der Waals surface area contributed by atoms with Crippen LogP contribution in [-0.4, -0.2) is 55.1 Å². The van der Waals surface area contributed by atoms with E-state index >= 15 is 0 Å². The maximum atomic E-state index is 10.4. The van der Waals surface area contributed by atoms with E-state index in [1.165, 1.54) is 0 Å². The van der Waals surface area contributed by atoms with Crippen LogP contribution in [0.5, 0.6) is 0 Å². The molecular weight excluding hydrogens is 242 g/mol. The number of hydrogen-bond donors (Lipinski definition) is 3. The topological polar surface area (TPSA) is 119 Å². The Balaban J connectivity index is 4.30. The van der Waals surface area contributed by atoms with E-state index in [0.717, 1.165) is 6.42 Å². The lowest BCUT2D eigenvalue weighted by Crippen LogP contribution is -2.40. The van der Waals surface area contributed by atoms with E-state index in [-0.39, 0.29) is 19.8 Å². The van der Waals surface area contributed by atoms with Crippen molar-refractivity contribution in [1.82, 2.24) is 0 Å². The summed E-state index contributed by atoms with van der Waals surface area (Å²) in [6, 6.07) is 0. The van der Waals surface area contributed by atoms with Crippen LogP contribution in [-0.2, 0) is 19.1 Å². The molecule has 0 saturated heterocycles. The normalized spacial score (nSPS) is 11.4. The second kappa shape index (κ2) is 8.84. The summed E-state index contributed by atoms with van der Waals surface area (Å²) in [6.07, 6.45) is 1.51. The molecule has 106 valence electrons. The predicted molar refractivity (Wildman–Crippen MR) is 63.3 cm³/mol. The van der Waals surface area contributed by atoms with E-state index in [9.17, 15) is 9.59 Å². The van der Waals surface area contributed by atoms with Crippen molar-refractivity contribution in [2.75, 3.05) is 33.0 Å². The van der Waals surface area contributed by atoms with E-state index in [0.29, 0.717) is 6.42 Å². The molecule has 0 bridgehead atoms. The molecule has 7 heteroatoms. The summed E-state index contributed by atoms with van der Waals surface area (Å²) in [7, 11) is 0. The molecule has 18 heavy (non-hydrogen) atoms. The van der Waals surface area contributed by atoms with Crippen molar-refractivity contribution in [3.63, 3.8) is 0 Å². The van der Waals surface area contributed by atoms with Crippen LogP contribution in [0, 0.1) is 5.41 Å². The summed E-state index contributed by atoms with van der Waals surface area (Å²) in [5.74, 6) is -2.10. The van der Waals surface area contributed by atoms with E-state index in [2.05, 4.69) is 0 Å². The molecular formula is C11H21NO6. The minimum absolute atomic E-state index is 0.142. The van der Waals surface area contributed by atoms with Crippen molar-refractivity contribution in [2.45, 2.75) is 19.8 Å². The highest BCUT2D eigenvalue weighted by atomic mass is 16.5. The summed E-state index contributed by atoms with van der Waals surface area (Å²) < 4.78 is 10.1. The fourth-order valence-electron chi connectivity index (χ4n) is 1.65. The summed E-state index contributed by atoms with van der Waals surface area (Å²) in [5, 5.41) is 17.0. The Bertz CT molecular complexity index is 248. The van der Waals surface area contributed by atoms with Crippen LogP contribution in [0.3, 0.4) is 0 Å². The second-order valence-electron chi connectivity index (χ2n) is 4.23. The van der Waals surface area contributed by atoms with Gasteiger partial charge in [0.1, 0.15) is 13.2 Å². The van der Waals surface area contributed by atoms with Crippen LogP contribution in [0.1, 0.15) is 19.8 Å². The highest BCUT2D eigenvalue weighted by Gasteiger charge is 2.29. The molecule has 0 spiro atoms. The fourth-order valence-corrected chi connectivity index (χ4v) is 1.65. The van der Waals surface area contributed by atoms with Crippen LogP contribution >= 0.6 is 0 Å². The Morgan fingerprint density at radius 2 is 1.56 bits per heavy atom. The first-order chi connectivity index (χ1) is 8.45. The van der Waals surface area contributed by atoms with Gasteiger partial charge < -0.3 is 25.4 Å². The molecule has 0 aliphatic carbocycles. The highest BCUT2D eigenvalue weighted by molar-refractivity contribution is 5.68. The van der Waals surface area contributed by atoms with Gasteiger partial charge >= 0.3 is 11.9 Å². The van der Waals surface area contributed by atoms with E-state index in [1.54, 1.807) is 0 Å². The fraction of sp³-hybridized carbons (Fsp3) is 0.818. The maximum Gasteiger partial charge on any atom is 0.329 e. The van der Waals surface area contributed by atoms with Crippen LogP contribution < -0.4 is 5.73 Å². The first-order valence-corrected chi connectivity index (χ1v) is 5.75. The van der Waals surface area contributed by atoms with Gasteiger partial charge in [0.2, 0.25) is 0 Å². The van der Waals surface area contributed by atoms with Crippen LogP contribution in [0.2, 0.25) is 0 Å². The Hall–Kier alpha value is -1.18. The predicted octanol–water partition coefficient (Wildman–Crippen LogP) is -0.0660. The smallest absolute Gasteiger partial charge is 0.329 e. The number of carboxylic acids is 2. The largest absolute Gasteiger partial charge is 0.480 e. The molecule has 0 amide bonds. The van der Waals surface area contributed by atoms with E-state index < -0.39 is 30.6 Å². The molecule has 0 heterocycles. The van der Waals surface area contributed by atoms with Crippen molar-refractivity contribution in [1.29, 1.82) is 0 Å². The highest BCUT2D eigenvalue weighted by Crippen LogP contribution is 2.23. The number of nitrogens with two attached hydrogens (primary N) is 1. The zero-order chi connectivity index (χ0) is 14.0. The summed E-state index contributed by atoms with van der Waals surface area (Å²) >= 11 is 0. The molecule has 0 aromatic rings. The van der Waals surface area contributed by atoms with Crippen LogP contribution in [0.15, 0.2) is 0 Å². The SMILES string of the molecule is CCCC(CN)(COCC(=O)O)COCC(=O)O. The van der Waals surface area contributed by atoms with Gasteiger partial charge in [-0.2, -0.15) is 0 Å². The monoisotopic (exact) mass is 263 g/mol. The van der Waals surface area contributed by atoms with Crippen LogP contribution in [0.4, 0.5) is 0 Å². The molecule has 0 saturated carbocycles.